The van der Waals surface area contributed by atoms with Crippen LogP contribution in [0.1, 0.15) is 28.7 Å². The molecule has 4 nitrogen and oxygen atoms in total. The van der Waals surface area contributed by atoms with Gasteiger partial charge in [0, 0.05) is 18.7 Å². The minimum Gasteiger partial charge on any atom is -0.508 e. The summed E-state index contributed by atoms with van der Waals surface area (Å²) >= 11 is 0. The Morgan fingerprint density at radius 2 is 1.76 bits per heavy atom. The van der Waals surface area contributed by atoms with Gasteiger partial charge in [-0.2, -0.15) is 0 Å². The van der Waals surface area contributed by atoms with Crippen molar-refractivity contribution in [2.24, 2.45) is 0 Å². The number of carboxylic acids is 1. The van der Waals surface area contributed by atoms with E-state index in [1.165, 1.54) is 6.07 Å². The van der Waals surface area contributed by atoms with Crippen molar-refractivity contribution in [3.8, 4) is 16.9 Å². The summed E-state index contributed by atoms with van der Waals surface area (Å²) in [5.41, 5.74) is 6.26. The maximum absolute atomic E-state index is 14.2. The highest BCUT2D eigenvalue weighted by atomic mass is 19.1. The number of hydrogen-bond donors (Lipinski definition) is 3. The van der Waals surface area contributed by atoms with E-state index in [9.17, 15) is 14.3 Å². The molecule has 0 unspecified atom stereocenters. The number of carbonyl (C=O) groups is 1. The lowest BCUT2D eigenvalue weighted by molar-refractivity contribution is -0.136. The monoisotopic (exact) mass is 393 g/mol. The molecule has 0 radical (unpaired) electrons. The maximum atomic E-state index is 14.2. The highest BCUT2D eigenvalue weighted by Gasteiger charge is 2.09. The molecule has 0 fully saturated rings. The van der Waals surface area contributed by atoms with Crippen molar-refractivity contribution in [2.45, 2.75) is 33.2 Å². The number of anilines is 1. The van der Waals surface area contributed by atoms with Crippen molar-refractivity contribution in [1.29, 1.82) is 0 Å². The smallest absolute Gasteiger partial charge is 0.303 e. The Morgan fingerprint density at radius 1 is 1.03 bits per heavy atom. The average molecular weight is 393 g/mol. The molecule has 3 N–H and O–H groups in total. The first-order valence-electron chi connectivity index (χ1n) is 9.47. The quantitative estimate of drug-likeness (QED) is 0.500. The summed E-state index contributed by atoms with van der Waals surface area (Å²) in [5.74, 6) is -1.08. The van der Waals surface area contributed by atoms with Crippen LogP contribution in [0.5, 0.6) is 5.75 Å². The number of carboxylic acid groups (broad SMARTS) is 1. The summed E-state index contributed by atoms with van der Waals surface area (Å²) in [4.78, 5) is 10.7. The zero-order valence-corrected chi connectivity index (χ0v) is 16.5. The summed E-state index contributed by atoms with van der Waals surface area (Å²) in [5, 5.41) is 21.7. The van der Waals surface area contributed by atoms with Crippen LogP contribution in [-0.2, 0) is 17.8 Å². The minimum atomic E-state index is -0.939. The largest absolute Gasteiger partial charge is 0.508 e. The van der Waals surface area contributed by atoms with Crippen LogP contribution < -0.4 is 5.32 Å². The van der Waals surface area contributed by atoms with Gasteiger partial charge in [-0.05, 0) is 84.0 Å². The summed E-state index contributed by atoms with van der Waals surface area (Å²) in [7, 11) is 0. The second-order valence-electron chi connectivity index (χ2n) is 7.21. The van der Waals surface area contributed by atoms with Gasteiger partial charge in [0.25, 0.3) is 0 Å². The van der Waals surface area contributed by atoms with E-state index in [-0.39, 0.29) is 18.6 Å². The van der Waals surface area contributed by atoms with Gasteiger partial charge in [0.2, 0.25) is 0 Å². The highest BCUT2D eigenvalue weighted by Crippen LogP contribution is 2.31. The predicted molar refractivity (Wildman–Crippen MR) is 113 cm³/mol. The minimum absolute atomic E-state index is 0.0907. The fourth-order valence-corrected chi connectivity index (χ4v) is 3.54. The first-order valence-corrected chi connectivity index (χ1v) is 9.47. The molecule has 0 aromatic heterocycles. The van der Waals surface area contributed by atoms with Gasteiger partial charge in [-0.15, -0.1) is 0 Å². The lowest BCUT2D eigenvalue weighted by Crippen LogP contribution is -2.03. The van der Waals surface area contributed by atoms with E-state index in [2.05, 4.69) is 11.4 Å². The SMILES string of the molecule is Cc1cc(O)cc(C)c1-c1cccc(CNc2ccc(CCC(=O)O)c(F)c2)c1. The normalized spacial score (nSPS) is 10.7. The van der Waals surface area contributed by atoms with Crippen molar-refractivity contribution in [3.63, 3.8) is 0 Å². The molecule has 5 heteroatoms. The maximum Gasteiger partial charge on any atom is 0.303 e. The molecule has 150 valence electrons. The van der Waals surface area contributed by atoms with Gasteiger partial charge in [0.05, 0.1) is 0 Å². The van der Waals surface area contributed by atoms with E-state index in [1.807, 2.05) is 32.0 Å². The van der Waals surface area contributed by atoms with Crippen LogP contribution in [0.3, 0.4) is 0 Å². The molecular weight excluding hydrogens is 369 g/mol. The highest BCUT2D eigenvalue weighted by molar-refractivity contribution is 5.72. The molecule has 0 amide bonds. The number of nitrogens with one attached hydrogen (secondary N) is 1. The molecule has 0 spiro atoms. The molecule has 0 aliphatic rings. The van der Waals surface area contributed by atoms with E-state index in [4.69, 9.17) is 5.11 Å². The second-order valence-corrected chi connectivity index (χ2v) is 7.21. The van der Waals surface area contributed by atoms with Gasteiger partial charge in [0.1, 0.15) is 11.6 Å². The lowest BCUT2D eigenvalue weighted by atomic mass is 9.94. The average Bonchev–Trinajstić information content (AvgIpc) is 2.65. The fraction of sp³-hybridized carbons (Fsp3) is 0.208. The third kappa shape index (κ3) is 5.13. The number of halogens is 1. The summed E-state index contributed by atoms with van der Waals surface area (Å²) in [6.45, 7) is 4.47. The summed E-state index contributed by atoms with van der Waals surface area (Å²) in [6.07, 6.45) is 0.0847. The van der Waals surface area contributed by atoms with E-state index in [1.54, 1.807) is 24.3 Å². The molecule has 0 atom stereocenters. The van der Waals surface area contributed by atoms with Crippen molar-refractivity contribution in [1.82, 2.24) is 0 Å². The molecular formula is C24H24FNO3. The molecule has 3 aromatic rings. The number of phenolic OH excluding ortho intramolecular Hbond substituents is 1. The number of benzene rings is 3. The van der Waals surface area contributed by atoms with Gasteiger partial charge >= 0.3 is 5.97 Å². The Morgan fingerprint density at radius 3 is 2.41 bits per heavy atom. The van der Waals surface area contributed by atoms with Crippen molar-refractivity contribution < 1.29 is 19.4 Å². The van der Waals surface area contributed by atoms with Crippen molar-refractivity contribution in [3.05, 3.63) is 82.7 Å². The Bertz CT molecular complexity index is 1020. The molecule has 0 saturated carbocycles. The molecule has 0 heterocycles. The summed E-state index contributed by atoms with van der Waals surface area (Å²) < 4.78 is 14.2. The molecule has 29 heavy (non-hydrogen) atoms. The number of aryl methyl sites for hydroxylation is 3. The molecule has 3 rings (SSSR count). The number of phenols is 1. The van der Waals surface area contributed by atoms with Crippen LogP contribution in [0, 0.1) is 19.7 Å². The summed E-state index contributed by atoms with van der Waals surface area (Å²) in [6, 6.07) is 16.4. The van der Waals surface area contributed by atoms with Crippen LogP contribution in [0.4, 0.5) is 10.1 Å². The zero-order valence-electron chi connectivity index (χ0n) is 16.5. The first kappa shape index (κ1) is 20.4. The molecule has 0 aliphatic heterocycles. The Labute approximate surface area is 169 Å². The third-order valence-corrected chi connectivity index (χ3v) is 4.89. The molecule has 0 aliphatic carbocycles. The predicted octanol–water partition coefficient (Wildman–Crippen LogP) is 5.44. The van der Waals surface area contributed by atoms with Crippen molar-refractivity contribution in [2.75, 3.05) is 5.32 Å². The number of hydrogen-bond acceptors (Lipinski definition) is 3. The number of rotatable bonds is 7. The zero-order chi connectivity index (χ0) is 21.0. The fourth-order valence-electron chi connectivity index (χ4n) is 3.54. The standard InChI is InChI=1S/C24H24FNO3/c1-15-10-21(27)11-16(2)24(15)19-5-3-4-17(12-19)14-26-20-8-6-18(22(25)13-20)7-9-23(28)29/h3-6,8,10-13,26-27H,7,9,14H2,1-2H3,(H,28,29). The third-order valence-electron chi connectivity index (χ3n) is 4.89. The van der Waals surface area contributed by atoms with E-state index in [0.717, 1.165) is 27.8 Å². The van der Waals surface area contributed by atoms with E-state index < -0.39 is 11.8 Å². The topological polar surface area (TPSA) is 69.6 Å². The van der Waals surface area contributed by atoms with Gasteiger partial charge in [-0.1, -0.05) is 24.3 Å². The van der Waals surface area contributed by atoms with Crippen LogP contribution in [-0.4, -0.2) is 16.2 Å². The molecule has 3 aromatic carbocycles. The van der Waals surface area contributed by atoms with Gasteiger partial charge in [0.15, 0.2) is 0 Å². The van der Waals surface area contributed by atoms with Crippen LogP contribution in [0.25, 0.3) is 11.1 Å². The van der Waals surface area contributed by atoms with Gasteiger partial charge in [-0.25, -0.2) is 4.39 Å². The first-order chi connectivity index (χ1) is 13.8. The van der Waals surface area contributed by atoms with E-state index in [0.29, 0.717) is 17.8 Å². The molecule has 0 saturated heterocycles. The Kier molecular flexibility index (Phi) is 6.17. The van der Waals surface area contributed by atoms with Gasteiger partial charge < -0.3 is 15.5 Å². The lowest BCUT2D eigenvalue weighted by Gasteiger charge is -2.13. The molecule has 0 bridgehead atoms. The van der Waals surface area contributed by atoms with Crippen LogP contribution in [0.2, 0.25) is 0 Å². The Balaban J connectivity index is 1.73. The van der Waals surface area contributed by atoms with Crippen LogP contribution >= 0.6 is 0 Å². The van der Waals surface area contributed by atoms with Crippen LogP contribution in [0.15, 0.2) is 54.6 Å². The second kappa shape index (κ2) is 8.78. The van der Waals surface area contributed by atoms with Crippen molar-refractivity contribution >= 4 is 11.7 Å². The van der Waals surface area contributed by atoms with E-state index >= 15 is 0 Å². The number of aliphatic carboxylic acids is 1. The van der Waals surface area contributed by atoms with Gasteiger partial charge in [-0.3, -0.25) is 4.79 Å². The Hall–Kier alpha value is -3.34. The number of aromatic hydroxyl groups is 1.